The largest absolute Gasteiger partial charge is 0.456 e. The molecular weight excluding hydrogens is 512 g/mol. The number of rotatable bonds is 15. The van der Waals surface area contributed by atoms with E-state index in [1.165, 1.54) is 27.6 Å². The van der Waals surface area contributed by atoms with Gasteiger partial charge in [-0.05, 0) is 80.8 Å². The highest BCUT2D eigenvalue weighted by Gasteiger charge is 2.18. The van der Waals surface area contributed by atoms with Crippen LogP contribution in [-0.4, -0.2) is 24.5 Å². The minimum atomic E-state index is 0.0664. The van der Waals surface area contributed by atoms with Gasteiger partial charge in [-0.15, -0.1) is 13.2 Å². The van der Waals surface area contributed by atoms with Crippen molar-refractivity contribution in [3.63, 3.8) is 0 Å². The third-order valence-corrected chi connectivity index (χ3v) is 7.66. The SMILES string of the molecule is C=CCCN(C)C(/C=C\NC(C)c1c(/C=C\C/C=C\C(=C/C)c2ccccc2)ccc2oc3ccccc3c12)CC=C. The Balaban J connectivity index is 1.60. The molecule has 0 fully saturated rings. The van der Waals surface area contributed by atoms with Gasteiger partial charge in [0.2, 0.25) is 0 Å². The van der Waals surface area contributed by atoms with Crippen LogP contribution in [-0.2, 0) is 0 Å². The van der Waals surface area contributed by atoms with E-state index in [-0.39, 0.29) is 12.1 Å². The molecule has 216 valence electrons. The maximum absolute atomic E-state index is 6.25. The summed E-state index contributed by atoms with van der Waals surface area (Å²) in [6.45, 7) is 13.1. The lowest BCUT2D eigenvalue weighted by molar-refractivity contribution is 0.287. The standard InChI is InChI=1S/C39H44N2O/c1-6-9-29-41(5)34(18-7-2)27-28-40-30(4)38-33(25-26-37-39(38)35-23-16-17-24-36(35)42-37)22-15-10-12-19-31(8-3)32-20-13-11-14-21-32/h6-8,11-17,19-28,30,34,40H,1-2,9-10,18,29H2,3-5H3/b19-12-,22-15-,28-27-,31-8+. The molecule has 0 saturated carbocycles. The number of fused-ring (bicyclic) bond motifs is 3. The molecule has 2 unspecified atom stereocenters. The number of allylic oxidation sites excluding steroid dienone is 5. The third-order valence-electron chi connectivity index (χ3n) is 7.66. The van der Waals surface area contributed by atoms with E-state index in [9.17, 15) is 0 Å². The van der Waals surface area contributed by atoms with Crippen molar-refractivity contribution in [1.29, 1.82) is 0 Å². The first-order valence-electron chi connectivity index (χ1n) is 14.9. The van der Waals surface area contributed by atoms with Crippen LogP contribution >= 0.6 is 0 Å². The number of para-hydroxylation sites is 1. The van der Waals surface area contributed by atoms with E-state index >= 15 is 0 Å². The lowest BCUT2D eigenvalue weighted by Gasteiger charge is -2.24. The first-order valence-corrected chi connectivity index (χ1v) is 14.9. The summed E-state index contributed by atoms with van der Waals surface area (Å²) in [7, 11) is 2.15. The average Bonchev–Trinajstić information content (AvgIpc) is 3.40. The molecule has 1 aromatic heterocycles. The van der Waals surface area contributed by atoms with E-state index in [2.05, 4.69) is 142 Å². The molecule has 0 aliphatic heterocycles. The highest BCUT2D eigenvalue weighted by Crippen LogP contribution is 2.36. The Kier molecular flexibility index (Phi) is 11.4. The molecule has 3 nitrogen and oxygen atoms in total. The van der Waals surface area contributed by atoms with Crippen LogP contribution in [0, 0.1) is 0 Å². The summed E-state index contributed by atoms with van der Waals surface area (Å²) >= 11 is 0. The lowest BCUT2D eigenvalue weighted by Crippen LogP contribution is -2.31. The Morgan fingerprint density at radius 2 is 1.74 bits per heavy atom. The minimum Gasteiger partial charge on any atom is -0.456 e. The second kappa shape index (κ2) is 15.6. The molecule has 2 atom stereocenters. The molecule has 0 aliphatic rings. The Labute approximate surface area is 251 Å². The van der Waals surface area contributed by atoms with Crippen molar-refractivity contribution in [2.75, 3.05) is 13.6 Å². The van der Waals surface area contributed by atoms with E-state index < -0.39 is 0 Å². The molecule has 1 N–H and O–H groups in total. The quantitative estimate of drug-likeness (QED) is 0.117. The summed E-state index contributed by atoms with van der Waals surface area (Å²) < 4.78 is 6.25. The van der Waals surface area contributed by atoms with Gasteiger partial charge in [0.1, 0.15) is 11.2 Å². The van der Waals surface area contributed by atoms with Crippen LogP contribution in [0.2, 0.25) is 0 Å². The van der Waals surface area contributed by atoms with Gasteiger partial charge in [0.05, 0.1) is 0 Å². The highest BCUT2D eigenvalue weighted by atomic mass is 16.3. The monoisotopic (exact) mass is 556 g/mol. The van der Waals surface area contributed by atoms with Gasteiger partial charge in [0, 0.05) is 29.4 Å². The molecular formula is C39H44N2O. The molecule has 4 rings (SSSR count). The van der Waals surface area contributed by atoms with Crippen molar-refractivity contribution in [1.82, 2.24) is 10.2 Å². The van der Waals surface area contributed by atoms with Crippen molar-refractivity contribution in [3.8, 4) is 0 Å². The molecule has 1 heterocycles. The number of nitrogens with zero attached hydrogens (tertiary/aromatic N) is 1. The van der Waals surface area contributed by atoms with Gasteiger partial charge in [-0.2, -0.15) is 0 Å². The zero-order chi connectivity index (χ0) is 29.7. The Morgan fingerprint density at radius 1 is 0.952 bits per heavy atom. The molecule has 0 aliphatic carbocycles. The average molecular weight is 557 g/mol. The summed E-state index contributed by atoms with van der Waals surface area (Å²) in [4.78, 5) is 2.34. The number of furan rings is 1. The molecule has 0 amide bonds. The second-order valence-electron chi connectivity index (χ2n) is 10.6. The van der Waals surface area contributed by atoms with E-state index in [1.807, 2.05) is 24.3 Å². The molecule has 4 aromatic rings. The van der Waals surface area contributed by atoms with Gasteiger partial charge in [0.15, 0.2) is 0 Å². The number of hydrogen-bond acceptors (Lipinski definition) is 3. The molecule has 0 radical (unpaired) electrons. The van der Waals surface area contributed by atoms with Gasteiger partial charge in [-0.3, -0.25) is 4.90 Å². The van der Waals surface area contributed by atoms with Gasteiger partial charge < -0.3 is 9.73 Å². The summed E-state index contributed by atoms with van der Waals surface area (Å²) in [5.41, 5.74) is 6.71. The summed E-state index contributed by atoms with van der Waals surface area (Å²) in [6.07, 6.45) is 22.0. The fourth-order valence-electron chi connectivity index (χ4n) is 5.36. The number of hydrogen-bond donors (Lipinski definition) is 1. The van der Waals surface area contributed by atoms with E-state index in [0.29, 0.717) is 0 Å². The van der Waals surface area contributed by atoms with Crippen LogP contribution in [0.1, 0.15) is 55.8 Å². The molecule has 3 heteroatoms. The number of benzene rings is 3. The van der Waals surface area contributed by atoms with Crippen LogP contribution in [0.5, 0.6) is 0 Å². The Hall–Kier alpha value is -4.34. The van der Waals surface area contributed by atoms with Gasteiger partial charge in [-0.1, -0.05) is 103 Å². The van der Waals surface area contributed by atoms with Gasteiger partial charge in [-0.25, -0.2) is 0 Å². The van der Waals surface area contributed by atoms with Crippen LogP contribution in [0.3, 0.4) is 0 Å². The molecule has 3 aromatic carbocycles. The van der Waals surface area contributed by atoms with E-state index in [0.717, 1.165) is 42.4 Å². The fourth-order valence-corrected chi connectivity index (χ4v) is 5.36. The van der Waals surface area contributed by atoms with Crippen molar-refractivity contribution in [2.45, 2.75) is 45.2 Å². The Morgan fingerprint density at radius 3 is 2.50 bits per heavy atom. The summed E-state index contributed by atoms with van der Waals surface area (Å²) in [5, 5.41) is 5.98. The first kappa shape index (κ1) is 30.6. The van der Waals surface area contributed by atoms with Gasteiger partial charge >= 0.3 is 0 Å². The van der Waals surface area contributed by atoms with Crippen molar-refractivity contribution in [2.24, 2.45) is 0 Å². The number of likely N-dealkylation sites (N-methyl/N-ethyl adjacent to an activating group) is 1. The fraction of sp³-hybridized carbons (Fsp3) is 0.231. The minimum absolute atomic E-state index is 0.0664. The zero-order valence-electron chi connectivity index (χ0n) is 25.3. The lowest BCUT2D eigenvalue weighted by atomic mass is 9.95. The topological polar surface area (TPSA) is 28.4 Å². The number of nitrogens with one attached hydrogen (secondary N) is 1. The predicted molar refractivity (Wildman–Crippen MR) is 183 cm³/mol. The maximum Gasteiger partial charge on any atom is 0.135 e. The zero-order valence-corrected chi connectivity index (χ0v) is 25.3. The molecule has 0 saturated heterocycles. The second-order valence-corrected chi connectivity index (χ2v) is 10.6. The van der Waals surface area contributed by atoms with Crippen molar-refractivity contribution >= 4 is 33.6 Å². The highest BCUT2D eigenvalue weighted by molar-refractivity contribution is 6.08. The van der Waals surface area contributed by atoms with Crippen LogP contribution in [0.4, 0.5) is 0 Å². The van der Waals surface area contributed by atoms with Crippen molar-refractivity contribution < 1.29 is 4.42 Å². The van der Waals surface area contributed by atoms with E-state index in [1.54, 1.807) is 0 Å². The van der Waals surface area contributed by atoms with E-state index in [4.69, 9.17) is 4.42 Å². The predicted octanol–water partition coefficient (Wildman–Crippen LogP) is 10.3. The van der Waals surface area contributed by atoms with Crippen molar-refractivity contribution in [3.05, 3.63) is 145 Å². The van der Waals surface area contributed by atoms with Crippen LogP contribution < -0.4 is 5.32 Å². The smallest absolute Gasteiger partial charge is 0.135 e. The Bertz CT molecular complexity index is 1580. The maximum atomic E-state index is 6.25. The van der Waals surface area contributed by atoms with Crippen LogP contribution in [0.25, 0.3) is 33.6 Å². The molecule has 0 bridgehead atoms. The normalized spacial score (nSPS) is 14.0. The molecule has 0 spiro atoms. The van der Waals surface area contributed by atoms with Gasteiger partial charge in [0.25, 0.3) is 0 Å². The summed E-state index contributed by atoms with van der Waals surface area (Å²) in [5.74, 6) is 0. The first-order chi connectivity index (χ1) is 20.6. The van der Waals surface area contributed by atoms with Crippen LogP contribution in [0.15, 0.2) is 133 Å². The third kappa shape index (κ3) is 7.69. The summed E-state index contributed by atoms with van der Waals surface area (Å²) in [6, 6.07) is 23.4. The molecule has 42 heavy (non-hydrogen) atoms.